The fraction of sp³-hybridized carbons (Fsp3) is 0.217. The quantitative estimate of drug-likeness (QED) is 0.375. The molecule has 1 amide bonds. The number of halogens is 3. The largest absolute Gasteiger partial charge is 0.439 e. The minimum Gasteiger partial charge on any atom is -0.439 e. The fourth-order valence-corrected chi connectivity index (χ4v) is 3.28. The van der Waals surface area contributed by atoms with Crippen molar-refractivity contribution in [3.63, 3.8) is 0 Å². The highest BCUT2D eigenvalue weighted by Crippen LogP contribution is 2.40. The number of carbonyl (C=O) groups excluding carboxylic acids is 1. The van der Waals surface area contributed by atoms with Gasteiger partial charge < -0.3 is 15.4 Å². The minimum absolute atomic E-state index is 0.0453. The van der Waals surface area contributed by atoms with Gasteiger partial charge in [-0.25, -0.2) is 0 Å². The molecule has 31 heavy (non-hydrogen) atoms. The highest BCUT2D eigenvalue weighted by atomic mass is 19.4. The Hall–Kier alpha value is -3.55. The van der Waals surface area contributed by atoms with Crippen LogP contribution in [0.15, 0.2) is 66.2 Å². The Bertz CT molecular complexity index is 1060. The molecular weight excluding hydrogens is 407 g/mol. The third kappa shape index (κ3) is 5.33. The molecule has 0 saturated carbocycles. The van der Waals surface area contributed by atoms with Crippen molar-refractivity contribution in [2.75, 3.05) is 17.7 Å². The fourth-order valence-electron chi connectivity index (χ4n) is 3.28. The van der Waals surface area contributed by atoms with Crippen LogP contribution in [0.2, 0.25) is 0 Å². The number of nitrogens with one attached hydrogen (secondary N) is 2. The number of benzene rings is 2. The predicted octanol–water partition coefficient (Wildman–Crippen LogP) is 5.66. The maximum Gasteiger partial charge on any atom is 0.416 e. The first-order valence-electron chi connectivity index (χ1n) is 9.53. The summed E-state index contributed by atoms with van der Waals surface area (Å²) < 4.78 is 45.5. The second kappa shape index (κ2) is 9.07. The molecule has 2 N–H and O–H groups in total. The number of aryl methyl sites for hydroxylation is 1. The number of alkyl halides is 3. The number of carbonyl (C=O) groups is 1. The zero-order chi connectivity index (χ0) is 22.6. The highest BCUT2D eigenvalue weighted by Gasteiger charge is 2.34. The van der Waals surface area contributed by atoms with Gasteiger partial charge in [-0.15, -0.1) is 0 Å². The second-order valence-electron chi connectivity index (χ2n) is 6.99. The Morgan fingerprint density at radius 3 is 2.71 bits per heavy atom. The van der Waals surface area contributed by atoms with E-state index in [1.54, 1.807) is 43.5 Å². The number of amides is 1. The van der Waals surface area contributed by atoms with Crippen molar-refractivity contribution >= 4 is 23.2 Å². The molecule has 0 spiro atoms. The van der Waals surface area contributed by atoms with Crippen molar-refractivity contribution < 1.29 is 22.7 Å². The van der Waals surface area contributed by atoms with Crippen molar-refractivity contribution in [3.8, 4) is 5.75 Å². The molecule has 3 rings (SSSR count). The lowest BCUT2D eigenvalue weighted by Crippen LogP contribution is -2.16. The lowest BCUT2D eigenvalue weighted by atomic mass is 10.0. The van der Waals surface area contributed by atoms with Crippen molar-refractivity contribution in [1.29, 1.82) is 0 Å². The SMILES string of the molecule is C=C/C=C\C(=NC)Oc1cccc(C2CC(=O)Nc3cc(C(F)(F)F)c(C)cc3N2)c1. The standard InChI is InChI=1S/C23H22F3N3O2/c1-4-5-9-22(27-3)31-16-8-6-7-15(11-16)18-13-21(30)29-20-12-17(23(24,25)26)14(2)10-19(20)28-18/h4-12,18,28H,1,13H2,2-3H3,(H,29,30)/b9-5-,27-22?. The summed E-state index contributed by atoms with van der Waals surface area (Å²) in [5.74, 6) is 0.510. The van der Waals surface area contributed by atoms with Gasteiger partial charge in [-0.2, -0.15) is 13.2 Å². The molecule has 162 valence electrons. The highest BCUT2D eigenvalue weighted by molar-refractivity contribution is 5.97. The molecule has 0 saturated heterocycles. The molecule has 0 bridgehead atoms. The van der Waals surface area contributed by atoms with E-state index in [4.69, 9.17) is 4.74 Å². The van der Waals surface area contributed by atoms with Gasteiger partial charge in [-0.3, -0.25) is 9.79 Å². The summed E-state index contributed by atoms with van der Waals surface area (Å²) in [5.41, 5.74) is 0.580. The first-order chi connectivity index (χ1) is 14.7. The van der Waals surface area contributed by atoms with Crippen LogP contribution in [0.4, 0.5) is 24.5 Å². The Kier molecular flexibility index (Phi) is 6.48. The van der Waals surface area contributed by atoms with E-state index < -0.39 is 17.8 Å². The van der Waals surface area contributed by atoms with Crippen LogP contribution in [-0.4, -0.2) is 18.9 Å². The van der Waals surface area contributed by atoms with Crippen molar-refractivity contribution in [1.82, 2.24) is 0 Å². The number of fused-ring (bicyclic) bond motifs is 1. The molecule has 2 aromatic carbocycles. The summed E-state index contributed by atoms with van der Waals surface area (Å²) in [5, 5.41) is 5.76. The molecule has 0 fully saturated rings. The molecule has 0 aromatic heterocycles. The lowest BCUT2D eigenvalue weighted by molar-refractivity contribution is -0.138. The van der Waals surface area contributed by atoms with Gasteiger partial charge in [0.25, 0.3) is 0 Å². The van der Waals surface area contributed by atoms with E-state index in [1.807, 2.05) is 6.07 Å². The normalized spacial score (nSPS) is 16.9. The van der Waals surface area contributed by atoms with Gasteiger partial charge in [-0.05, 0) is 42.3 Å². The summed E-state index contributed by atoms with van der Waals surface area (Å²) in [6.07, 6.45) is 0.498. The summed E-state index contributed by atoms with van der Waals surface area (Å²) in [7, 11) is 1.60. The van der Waals surface area contributed by atoms with Crippen LogP contribution in [0.25, 0.3) is 0 Å². The smallest absolute Gasteiger partial charge is 0.416 e. The number of ether oxygens (including phenoxy) is 1. The van der Waals surface area contributed by atoms with E-state index in [2.05, 4.69) is 22.2 Å². The number of hydrogen-bond donors (Lipinski definition) is 2. The monoisotopic (exact) mass is 429 g/mol. The average molecular weight is 429 g/mol. The van der Waals surface area contributed by atoms with Crippen LogP contribution in [0, 0.1) is 6.92 Å². The van der Waals surface area contributed by atoms with Gasteiger partial charge in [0.1, 0.15) is 5.75 Å². The lowest BCUT2D eigenvalue weighted by Gasteiger charge is -2.20. The molecule has 2 aromatic rings. The predicted molar refractivity (Wildman–Crippen MR) is 116 cm³/mol. The van der Waals surface area contributed by atoms with Crippen molar-refractivity contribution in [2.45, 2.75) is 25.6 Å². The van der Waals surface area contributed by atoms with Crippen LogP contribution in [0.1, 0.15) is 29.2 Å². The van der Waals surface area contributed by atoms with Crippen LogP contribution >= 0.6 is 0 Å². The number of anilines is 2. The van der Waals surface area contributed by atoms with E-state index in [0.29, 0.717) is 17.3 Å². The van der Waals surface area contributed by atoms with E-state index in [0.717, 1.165) is 11.6 Å². The number of hydrogen-bond acceptors (Lipinski definition) is 4. The minimum atomic E-state index is -4.50. The molecule has 1 heterocycles. The Labute approximate surface area is 178 Å². The van der Waals surface area contributed by atoms with E-state index in [1.165, 1.54) is 13.0 Å². The Balaban J connectivity index is 1.91. The third-order valence-corrected chi connectivity index (χ3v) is 4.74. The van der Waals surface area contributed by atoms with Gasteiger partial charge in [-0.1, -0.05) is 30.9 Å². The summed E-state index contributed by atoms with van der Waals surface area (Å²) >= 11 is 0. The van der Waals surface area contributed by atoms with Crippen LogP contribution < -0.4 is 15.4 Å². The molecule has 1 aliphatic heterocycles. The van der Waals surface area contributed by atoms with Gasteiger partial charge in [0.2, 0.25) is 11.8 Å². The Morgan fingerprint density at radius 2 is 2.03 bits per heavy atom. The van der Waals surface area contributed by atoms with E-state index >= 15 is 0 Å². The maximum atomic E-state index is 13.2. The van der Waals surface area contributed by atoms with Gasteiger partial charge in [0, 0.05) is 13.1 Å². The molecule has 0 radical (unpaired) electrons. The number of nitrogens with zero attached hydrogens (tertiary/aromatic N) is 1. The number of aliphatic imine (C=N–C) groups is 1. The van der Waals surface area contributed by atoms with Crippen molar-refractivity contribution in [2.24, 2.45) is 4.99 Å². The van der Waals surface area contributed by atoms with E-state index in [9.17, 15) is 18.0 Å². The van der Waals surface area contributed by atoms with Gasteiger partial charge in [0.05, 0.1) is 29.4 Å². The van der Waals surface area contributed by atoms with Crippen molar-refractivity contribution in [3.05, 3.63) is 77.9 Å². The first kappa shape index (κ1) is 22.1. The summed E-state index contributed by atoms with van der Waals surface area (Å²) in [6, 6.07) is 9.03. The molecule has 8 heteroatoms. The molecule has 5 nitrogen and oxygen atoms in total. The third-order valence-electron chi connectivity index (χ3n) is 4.74. The average Bonchev–Trinajstić information content (AvgIpc) is 2.87. The zero-order valence-corrected chi connectivity index (χ0v) is 17.1. The molecule has 0 aliphatic carbocycles. The molecular formula is C23H22F3N3O2. The zero-order valence-electron chi connectivity index (χ0n) is 17.1. The number of allylic oxidation sites excluding steroid dienone is 2. The molecule has 1 unspecified atom stereocenters. The van der Waals surface area contributed by atoms with Crippen LogP contribution in [0.3, 0.4) is 0 Å². The second-order valence-corrected chi connectivity index (χ2v) is 6.99. The molecule has 1 atom stereocenters. The van der Waals surface area contributed by atoms with Gasteiger partial charge in [0.15, 0.2) is 0 Å². The summed E-state index contributed by atoms with van der Waals surface area (Å²) in [6.45, 7) is 4.99. The van der Waals surface area contributed by atoms with E-state index in [-0.39, 0.29) is 23.6 Å². The molecule has 1 aliphatic rings. The van der Waals surface area contributed by atoms with Crippen LogP contribution in [-0.2, 0) is 11.0 Å². The first-order valence-corrected chi connectivity index (χ1v) is 9.53. The Morgan fingerprint density at radius 1 is 1.26 bits per heavy atom. The maximum absolute atomic E-state index is 13.2. The topological polar surface area (TPSA) is 62.7 Å². The number of rotatable bonds is 4. The summed E-state index contributed by atoms with van der Waals surface area (Å²) in [4.78, 5) is 16.4. The van der Waals surface area contributed by atoms with Crippen LogP contribution in [0.5, 0.6) is 5.75 Å². The van der Waals surface area contributed by atoms with Gasteiger partial charge >= 0.3 is 6.18 Å².